The third kappa shape index (κ3) is 6.00. The summed E-state index contributed by atoms with van der Waals surface area (Å²) in [6, 6.07) is 22.4. The van der Waals surface area contributed by atoms with Gasteiger partial charge < -0.3 is 5.32 Å². The molecule has 29 heavy (non-hydrogen) atoms. The van der Waals surface area contributed by atoms with E-state index in [1.165, 1.54) is 30.3 Å². The molecule has 0 heterocycles. The second-order valence-electron chi connectivity index (χ2n) is 6.03. The molecule has 0 unspecified atom stereocenters. The zero-order valence-corrected chi connectivity index (χ0v) is 17.7. The fourth-order valence-electron chi connectivity index (χ4n) is 2.52. The van der Waals surface area contributed by atoms with Gasteiger partial charge in [-0.3, -0.25) is 9.52 Å². The molecule has 0 aliphatic carbocycles. The highest BCUT2D eigenvalue weighted by atomic mass is 35.5. The van der Waals surface area contributed by atoms with E-state index in [9.17, 15) is 13.2 Å². The molecule has 3 rings (SSSR count). The average Bonchev–Trinajstić information content (AvgIpc) is 2.72. The van der Waals surface area contributed by atoms with Crippen LogP contribution in [0.4, 0.5) is 5.69 Å². The van der Waals surface area contributed by atoms with Crippen molar-refractivity contribution in [1.29, 1.82) is 0 Å². The number of amides is 1. The smallest absolute Gasteiger partial charge is 0.261 e. The number of carbonyl (C=O) groups excluding carboxylic acids is 1. The molecule has 0 bridgehead atoms. The first kappa shape index (κ1) is 21.2. The highest BCUT2D eigenvalue weighted by Crippen LogP contribution is 2.23. The minimum absolute atomic E-state index is 0.147. The SMILES string of the molecule is O=C(NCCSc1ccccc1)c1ccc(NS(=O)(=O)c2ccccc2)cc1Cl. The Morgan fingerprint density at radius 2 is 1.59 bits per heavy atom. The lowest BCUT2D eigenvalue weighted by Crippen LogP contribution is -2.26. The lowest BCUT2D eigenvalue weighted by Gasteiger charge is -2.11. The van der Waals surface area contributed by atoms with Gasteiger partial charge in [0.2, 0.25) is 0 Å². The molecule has 0 atom stereocenters. The quantitative estimate of drug-likeness (QED) is 0.389. The van der Waals surface area contributed by atoms with Crippen LogP contribution in [0.15, 0.2) is 88.7 Å². The van der Waals surface area contributed by atoms with Crippen molar-refractivity contribution in [3.05, 3.63) is 89.4 Å². The Morgan fingerprint density at radius 3 is 2.24 bits per heavy atom. The monoisotopic (exact) mass is 446 g/mol. The molecule has 8 heteroatoms. The zero-order valence-electron chi connectivity index (χ0n) is 15.3. The Balaban J connectivity index is 1.58. The molecule has 0 saturated carbocycles. The van der Waals surface area contributed by atoms with Gasteiger partial charge in [0, 0.05) is 17.2 Å². The lowest BCUT2D eigenvalue weighted by atomic mass is 10.2. The first-order valence-corrected chi connectivity index (χ1v) is 11.6. The second kappa shape index (κ2) is 9.82. The van der Waals surface area contributed by atoms with Crippen molar-refractivity contribution in [3.63, 3.8) is 0 Å². The van der Waals surface area contributed by atoms with Gasteiger partial charge in [0.25, 0.3) is 15.9 Å². The Hall–Kier alpha value is -2.48. The van der Waals surface area contributed by atoms with Crippen LogP contribution in [0.1, 0.15) is 10.4 Å². The van der Waals surface area contributed by atoms with Crippen molar-refractivity contribution in [2.75, 3.05) is 17.0 Å². The van der Waals surface area contributed by atoms with E-state index in [4.69, 9.17) is 11.6 Å². The minimum Gasteiger partial charge on any atom is -0.351 e. The van der Waals surface area contributed by atoms with Gasteiger partial charge in [-0.2, -0.15) is 0 Å². The van der Waals surface area contributed by atoms with Crippen LogP contribution in [0.2, 0.25) is 5.02 Å². The van der Waals surface area contributed by atoms with Crippen molar-refractivity contribution in [3.8, 4) is 0 Å². The summed E-state index contributed by atoms with van der Waals surface area (Å²) >= 11 is 7.85. The minimum atomic E-state index is -3.72. The summed E-state index contributed by atoms with van der Waals surface area (Å²) in [5, 5.41) is 2.99. The predicted molar refractivity (Wildman–Crippen MR) is 118 cm³/mol. The Labute approximate surface area is 179 Å². The summed E-state index contributed by atoms with van der Waals surface area (Å²) in [6.07, 6.45) is 0. The predicted octanol–water partition coefficient (Wildman–Crippen LogP) is 4.66. The summed E-state index contributed by atoms with van der Waals surface area (Å²) in [5.41, 5.74) is 0.578. The highest BCUT2D eigenvalue weighted by Gasteiger charge is 2.16. The summed E-state index contributed by atoms with van der Waals surface area (Å²) in [7, 11) is -3.72. The van der Waals surface area contributed by atoms with Crippen LogP contribution in [0.3, 0.4) is 0 Å². The summed E-state index contributed by atoms with van der Waals surface area (Å²) in [6.45, 7) is 0.483. The summed E-state index contributed by atoms with van der Waals surface area (Å²) in [4.78, 5) is 13.6. The van der Waals surface area contributed by atoms with Gasteiger partial charge in [0.05, 0.1) is 21.2 Å². The molecule has 3 aromatic rings. The van der Waals surface area contributed by atoms with Gasteiger partial charge in [-0.05, 0) is 42.5 Å². The second-order valence-corrected chi connectivity index (χ2v) is 9.29. The Morgan fingerprint density at radius 1 is 0.931 bits per heavy atom. The van der Waals surface area contributed by atoms with Gasteiger partial charge in [-0.15, -0.1) is 11.8 Å². The molecule has 0 radical (unpaired) electrons. The van der Waals surface area contributed by atoms with E-state index >= 15 is 0 Å². The van der Waals surface area contributed by atoms with Gasteiger partial charge >= 0.3 is 0 Å². The molecule has 0 spiro atoms. The number of hydrogen-bond donors (Lipinski definition) is 2. The van der Waals surface area contributed by atoms with Gasteiger partial charge in [-0.1, -0.05) is 48.0 Å². The maximum Gasteiger partial charge on any atom is 0.261 e. The van der Waals surface area contributed by atoms with Gasteiger partial charge in [0.1, 0.15) is 0 Å². The molecule has 2 N–H and O–H groups in total. The molecule has 0 aliphatic rings. The molecule has 0 fully saturated rings. The Kier molecular flexibility index (Phi) is 7.19. The molecule has 0 aliphatic heterocycles. The van der Waals surface area contributed by atoms with Crippen LogP contribution in [-0.4, -0.2) is 26.6 Å². The van der Waals surface area contributed by atoms with Crippen molar-refractivity contribution >= 4 is 45.0 Å². The number of carbonyl (C=O) groups is 1. The number of nitrogens with one attached hydrogen (secondary N) is 2. The molecule has 0 saturated heterocycles. The normalized spacial score (nSPS) is 11.1. The summed E-state index contributed by atoms with van der Waals surface area (Å²) in [5.74, 6) is 0.420. The standard InChI is InChI=1S/C21H19ClN2O3S2/c22-20-15-16(24-29(26,27)18-9-5-2-6-10-18)11-12-19(20)21(25)23-13-14-28-17-7-3-1-4-8-17/h1-12,15,24H,13-14H2,(H,23,25). The van der Waals surface area contributed by atoms with Crippen molar-refractivity contribution in [2.45, 2.75) is 9.79 Å². The number of anilines is 1. The third-order valence-corrected chi connectivity index (χ3v) is 6.64. The largest absolute Gasteiger partial charge is 0.351 e. The van der Waals surface area contributed by atoms with Crippen LogP contribution in [-0.2, 0) is 10.0 Å². The van der Waals surface area contributed by atoms with E-state index in [2.05, 4.69) is 10.0 Å². The maximum absolute atomic E-state index is 12.4. The lowest BCUT2D eigenvalue weighted by molar-refractivity contribution is 0.0956. The molecular formula is C21H19ClN2O3S2. The van der Waals surface area contributed by atoms with E-state index in [1.807, 2.05) is 30.3 Å². The molecule has 3 aromatic carbocycles. The van der Waals surface area contributed by atoms with E-state index in [0.29, 0.717) is 12.1 Å². The number of sulfonamides is 1. The van der Waals surface area contributed by atoms with Crippen LogP contribution in [0, 0.1) is 0 Å². The van der Waals surface area contributed by atoms with Gasteiger partial charge in [-0.25, -0.2) is 8.42 Å². The molecule has 5 nitrogen and oxygen atoms in total. The molecular weight excluding hydrogens is 428 g/mol. The number of hydrogen-bond acceptors (Lipinski definition) is 4. The van der Waals surface area contributed by atoms with Crippen LogP contribution in [0.5, 0.6) is 0 Å². The number of halogens is 1. The van der Waals surface area contributed by atoms with E-state index in [1.54, 1.807) is 30.0 Å². The zero-order chi connectivity index (χ0) is 20.7. The number of thioether (sulfide) groups is 1. The highest BCUT2D eigenvalue weighted by molar-refractivity contribution is 7.99. The molecule has 150 valence electrons. The number of benzene rings is 3. The van der Waals surface area contributed by atoms with Crippen molar-refractivity contribution in [1.82, 2.24) is 5.32 Å². The third-order valence-electron chi connectivity index (χ3n) is 3.92. The van der Waals surface area contributed by atoms with Gasteiger partial charge in [0.15, 0.2) is 0 Å². The first-order chi connectivity index (χ1) is 14.0. The topological polar surface area (TPSA) is 75.3 Å². The molecule has 0 aromatic heterocycles. The fraction of sp³-hybridized carbons (Fsp3) is 0.0952. The maximum atomic E-state index is 12.4. The fourth-order valence-corrected chi connectivity index (χ4v) is 4.65. The first-order valence-electron chi connectivity index (χ1n) is 8.79. The van der Waals surface area contributed by atoms with Crippen molar-refractivity contribution in [2.24, 2.45) is 0 Å². The van der Waals surface area contributed by atoms with E-state index < -0.39 is 10.0 Å². The summed E-state index contributed by atoms with van der Waals surface area (Å²) < 4.78 is 27.2. The Bertz CT molecular complexity index is 1080. The average molecular weight is 447 g/mol. The van der Waals surface area contributed by atoms with Crippen LogP contribution in [0.25, 0.3) is 0 Å². The number of rotatable bonds is 8. The van der Waals surface area contributed by atoms with Crippen LogP contribution < -0.4 is 10.0 Å². The van der Waals surface area contributed by atoms with E-state index in [0.717, 1.165) is 10.6 Å². The van der Waals surface area contributed by atoms with Crippen LogP contribution >= 0.6 is 23.4 Å². The molecule has 1 amide bonds. The van der Waals surface area contributed by atoms with E-state index in [-0.39, 0.29) is 21.5 Å². The van der Waals surface area contributed by atoms with Crippen molar-refractivity contribution < 1.29 is 13.2 Å².